The van der Waals surface area contributed by atoms with Crippen molar-refractivity contribution in [1.82, 2.24) is 5.32 Å². The summed E-state index contributed by atoms with van der Waals surface area (Å²) in [6, 6.07) is 12.6. The van der Waals surface area contributed by atoms with Crippen LogP contribution in [0.25, 0.3) is 0 Å². The van der Waals surface area contributed by atoms with Gasteiger partial charge in [0, 0.05) is 22.0 Å². The lowest BCUT2D eigenvalue weighted by Gasteiger charge is -2.06. The average Bonchev–Trinajstić information content (AvgIpc) is 2.88. The minimum absolute atomic E-state index is 0.911. The van der Waals surface area contributed by atoms with Crippen LogP contribution in [0.3, 0.4) is 0 Å². The van der Waals surface area contributed by atoms with E-state index in [2.05, 4.69) is 36.5 Å². The molecule has 0 amide bonds. The molecule has 0 aliphatic rings. The van der Waals surface area contributed by atoms with Crippen LogP contribution in [0.15, 0.2) is 36.4 Å². The van der Waals surface area contributed by atoms with Crippen LogP contribution >= 0.6 is 11.3 Å². The van der Waals surface area contributed by atoms with Crippen LogP contribution in [0.5, 0.6) is 0 Å². The van der Waals surface area contributed by atoms with Gasteiger partial charge in [-0.2, -0.15) is 0 Å². The molecular formula is C16H22N2S. The number of rotatable bonds is 7. The van der Waals surface area contributed by atoms with Gasteiger partial charge in [0.05, 0.1) is 0 Å². The van der Waals surface area contributed by atoms with Gasteiger partial charge in [0.15, 0.2) is 0 Å². The Morgan fingerprint density at radius 2 is 1.89 bits per heavy atom. The Morgan fingerprint density at radius 3 is 2.63 bits per heavy atom. The van der Waals surface area contributed by atoms with Crippen LogP contribution in [-0.2, 0) is 19.4 Å². The van der Waals surface area contributed by atoms with Gasteiger partial charge in [0.2, 0.25) is 0 Å². The third-order valence-corrected chi connectivity index (χ3v) is 4.45. The van der Waals surface area contributed by atoms with Gasteiger partial charge in [0.25, 0.3) is 0 Å². The quantitative estimate of drug-likeness (QED) is 0.598. The zero-order valence-electron chi connectivity index (χ0n) is 11.5. The van der Waals surface area contributed by atoms with Crippen molar-refractivity contribution in [1.29, 1.82) is 0 Å². The Kier molecular flexibility index (Phi) is 5.43. The molecule has 0 bridgehead atoms. The number of aryl methyl sites for hydroxylation is 2. The summed E-state index contributed by atoms with van der Waals surface area (Å²) in [6.45, 7) is 4.22. The number of nitrogens with one attached hydrogen (secondary N) is 1. The van der Waals surface area contributed by atoms with E-state index in [9.17, 15) is 0 Å². The number of hydrogen-bond donors (Lipinski definition) is 2. The monoisotopic (exact) mass is 274 g/mol. The normalized spacial score (nSPS) is 10.8. The molecule has 3 heteroatoms. The molecule has 0 unspecified atom stereocenters. The first kappa shape index (κ1) is 14.1. The van der Waals surface area contributed by atoms with Gasteiger partial charge in [-0.05, 0) is 49.6 Å². The molecule has 0 saturated carbocycles. The molecule has 19 heavy (non-hydrogen) atoms. The maximum atomic E-state index is 5.93. The first-order chi connectivity index (χ1) is 9.29. The second kappa shape index (κ2) is 7.31. The van der Waals surface area contributed by atoms with Crippen LogP contribution in [0, 0.1) is 0 Å². The summed E-state index contributed by atoms with van der Waals surface area (Å²) in [5.41, 5.74) is 8.09. The molecular weight excluding hydrogens is 252 g/mol. The zero-order valence-corrected chi connectivity index (χ0v) is 12.3. The van der Waals surface area contributed by atoms with Crippen LogP contribution < -0.4 is 11.1 Å². The lowest BCUT2D eigenvalue weighted by atomic mass is 10.1. The zero-order chi connectivity index (χ0) is 13.5. The molecule has 1 heterocycles. The maximum Gasteiger partial charge on any atom is 0.0346 e. The number of nitrogens with two attached hydrogens (primary N) is 1. The SMILES string of the molecule is CCc1ccc(CNCCCc2ccccc2N)s1. The Bertz CT molecular complexity index is 505. The van der Waals surface area contributed by atoms with E-state index in [1.54, 1.807) is 0 Å². The van der Waals surface area contributed by atoms with Gasteiger partial charge in [-0.3, -0.25) is 0 Å². The van der Waals surface area contributed by atoms with Gasteiger partial charge in [-0.25, -0.2) is 0 Å². The highest BCUT2D eigenvalue weighted by Gasteiger charge is 1.99. The summed E-state index contributed by atoms with van der Waals surface area (Å²) >= 11 is 1.91. The van der Waals surface area contributed by atoms with Crippen LogP contribution in [0.1, 0.15) is 28.7 Å². The lowest BCUT2D eigenvalue weighted by molar-refractivity contribution is 0.655. The van der Waals surface area contributed by atoms with Crippen molar-refractivity contribution in [3.8, 4) is 0 Å². The molecule has 2 rings (SSSR count). The van der Waals surface area contributed by atoms with Gasteiger partial charge >= 0.3 is 0 Å². The van der Waals surface area contributed by atoms with Gasteiger partial charge in [-0.1, -0.05) is 25.1 Å². The number of para-hydroxylation sites is 1. The Hall–Kier alpha value is -1.32. The van der Waals surface area contributed by atoms with E-state index in [-0.39, 0.29) is 0 Å². The second-order valence-corrected chi connectivity index (χ2v) is 5.95. The summed E-state index contributed by atoms with van der Waals surface area (Å²) < 4.78 is 0. The average molecular weight is 274 g/mol. The first-order valence-corrected chi connectivity index (χ1v) is 7.73. The highest BCUT2D eigenvalue weighted by molar-refractivity contribution is 7.11. The van der Waals surface area contributed by atoms with E-state index in [0.717, 1.165) is 38.0 Å². The molecule has 102 valence electrons. The van der Waals surface area contributed by atoms with Gasteiger partial charge in [0.1, 0.15) is 0 Å². The second-order valence-electron chi connectivity index (χ2n) is 4.70. The van der Waals surface area contributed by atoms with Crippen molar-refractivity contribution in [3.05, 3.63) is 51.7 Å². The predicted molar refractivity (Wildman–Crippen MR) is 84.6 cm³/mol. The van der Waals surface area contributed by atoms with E-state index in [1.165, 1.54) is 15.3 Å². The van der Waals surface area contributed by atoms with Crippen LogP contribution in [0.2, 0.25) is 0 Å². The summed E-state index contributed by atoms with van der Waals surface area (Å²) in [5, 5.41) is 3.50. The van der Waals surface area contributed by atoms with Crippen LogP contribution in [0.4, 0.5) is 5.69 Å². The summed E-state index contributed by atoms with van der Waals surface area (Å²) in [6.07, 6.45) is 3.31. The van der Waals surface area contributed by atoms with Crippen molar-refractivity contribution in [2.24, 2.45) is 0 Å². The highest BCUT2D eigenvalue weighted by Crippen LogP contribution is 2.16. The maximum absolute atomic E-state index is 5.93. The Balaban J connectivity index is 1.66. The molecule has 2 aromatic rings. The minimum Gasteiger partial charge on any atom is -0.399 e. The number of benzene rings is 1. The third kappa shape index (κ3) is 4.37. The molecule has 0 fully saturated rings. The summed E-state index contributed by atoms with van der Waals surface area (Å²) in [5.74, 6) is 0. The molecule has 2 nitrogen and oxygen atoms in total. The van der Waals surface area contributed by atoms with Crippen molar-refractivity contribution in [2.75, 3.05) is 12.3 Å². The molecule has 3 N–H and O–H groups in total. The number of thiophene rings is 1. The number of nitrogen functional groups attached to an aromatic ring is 1. The van der Waals surface area contributed by atoms with Gasteiger partial charge in [-0.15, -0.1) is 11.3 Å². The molecule has 1 aromatic carbocycles. The number of hydrogen-bond acceptors (Lipinski definition) is 3. The fraction of sp³-hybridized carbons (Fsp3) is 0.375. The van der Waals surface area contributed by atoms with Crippen molar-refractivity contribution >= 4 is 17.0 Å². The summed E-state index contributed by atoms with van der Waals surface area (Å²) in [4.78, 5) is 2.89. The molecule has 0 atom stereocenters. The fourth-order valence-electron chi connectivity index (χ4n) is 2.08. The molecule has 0 radical (unpaired) electrons. The van der Waals surface area contributed by atoms with Crippen LogP contribution in [-0.4, -0.2) is 6.54 Å². The molecule has 0 aliphatic carbocycles. The highest BCUT2D eigenvalue weighted by atomic mass is 32.1. The van der Waals surface area contributed by atoms with E-state index >= 15 is 0 Å². The standard InChI is InChI=1S/C16H22N2S/c1-2-14-9-10-15(19-14)12-18-11-5-7-13-6-3-4-8-16(13)17/h3-4,6,8-10,18H,2,5,7,11-12,17H2,1H3. The van der Waals surface area contributed by atoms with E-state index in [1.807, 2.05) is 23.5 Å². The third-order valence-electron chi connectivity index (χ3n) is 3.22. The molecule has 0 saturated heterocycles. The topological polar surface area (TPSA) is 38.0 Å². The lowest BCUT2D eigenvalue weighted by Crippen LogP contribution is -2.14. The van der Waals surface area contributed by atoms with E-state index < -0.39 is 0 Å². The van der Waals surface area contributed by atoms with E-state index in [0.29, 0.717) is 0 Å². The van der Waals surface area contributed by atoms with Gasteiger partial charge < -0.3 is 11.1 Å². The minimum atomic E-state index is 0.911. The molecule has 0 spiro atoms. The fourth-order valence-corrected chi connectivity index (χ4v) is 3.01. The van der Waals surface area contributed by atoms with Crippen molar-refractivity contribution < 1.29 is 0 Å². The molecule has 1 aromatic heterocycles. The largest absolute Gasteiger partial charge is 0.399 e. The van der Waals surface area contributed by atoms with Crippen molar-refractivity contribution in [3.63, 3.8) is 0 Å². The first-order valence-electron chi connectivity index (χ1n) is 6.91. The Morgan fingerprint density at radius 1 is 1.11 bits per heavy atom. The number of anilines is 1. The summed E-state index contributed by atoms with van der Waals surface area (Å²) in [7, 11) is 0. The van der Waals surface area contributed by atoms with E-state index in [4.69, 9.17) is 5.73 Å². The molecule has 0 aliphatic heterocycles. The van der Waals surface area contributed by atoms with Crippen molar-refractivity contribution in [2.45, 2.75) is 32.7 Å². The predicted octanol–water partition coefficient (Wildman–Crippen LogP) is 3.62. The smallest absolute Gasteiger partial charge is 0.0346 e. The Labute approximate surface area is 119 Å².